The van der Waals surface area contributed by atoms with E-state index in [0.29, 0.717) is 12.3 Å². The Kier molecular flexibility index (Phi) is 2.38. The van der Waals surface area contributed by atoms with Gasteiger partial charge in [-0.1, -0.05) is 31.6 Å². The van der Waals surface area contributed by atoms with Crippen LogP contribution in [0.3, 0.4) is 0 Å². The van der Waals surface area contributed by atoms with E-state index in [4.69, 9.17) is 9.47 Å². The molecule has 0 amide bonds. The molecular formula is C20H22O3. The summed E-state index contributed by atoms with van der Waals surface area (Å²) in [4.78, 5) is 12.7. The van der Waals surface area contributed by atoms with Crippen LogP contribution in [-0.2, 0) is 16.6 Å². The lowest BCUT2D eigenvalue weighted by Crippen LogP contribution is -2.58. The fourth-order valence-electron chi connectivity index (χ4n) is 5.80. The van der Waals surface area contributed by atoms with Gasteiger partial charge in [0.15, 0.2) is 23.4 Å². The maximum Gasteiger partial charge on any atom is 0.178 e. The van der Waals surface area contributed by atoms with Crippen LogP contribution in [0.15, 0.2) is 23.8 Å². The van der Waals surface area contributed by atoms with Crippen molar-refractivity contribution in [1.82, 2.24) is 0 Å². The van der Waals surface area contributed by atoms with Crippen LogP contribution in [0.4, 0.5) is 0 Å². The van der Waals surface area contributed by atoms with E-state index in [-0.39, 0.29) is 22.7 Å². The molecule has 4 aliphatic rings. The summed E-state index contributed by atoms with van der Waals surface area (Å²) in [5, 5.41) is 0. The molecule has 4 atom stereocenters. The molecule has 3 nitrogen and oxygen atoms in total. The zero-order valence-corrected chi connectivity index (χ0v) is 13.9. The first-order valence-corrected chi connectivity index (χ1v) is 8.63. The molecule has 1 saturated carbocycles. The van der Waals surface area contributed by atoms with E-state index in [0.717, 1.165) is 30.8 Å². The summed E-state index contributed by atoms with van der Waals surface area (Å²) in [6.45, 7) is 4.76. The summed E-state index contributed by atoms with van der Waals surface area (Å²) < 4.78 is 11.8. The minimum absolute atomic E-state index is 0.143. The van der Waals surface area contributed by atoms with Gasteiger partial charge in [-0.3, -0.25) is 4.79 Å². The van der Waals surface area contributed by atoms with E-state index in [1.54, 1.807) is 7.11 Å². The van der Waals surface area contributed by atoms with E-state index in [2.05, 4.69) is 26.0 Å². The first-order valence-electron chi connectivity index (χ1n) is 8.63. The highest BCUT2D eigenvalue weighted by molar-refractivity contribution is 5.92. The molecule has 3 aliphatic carbocycles. The second kappa shape index (κ2) is 4.00. The van der Waals surface area contributed by atoms with E-state index in [9.17, 15) is 4.79 Å². The third-order valence-electron chi connectivity index (χ3n) is 7.07. The van der Waals surface area contributed by atoms with Crippen LogP contribution < -0.4 is 9.47 Å². The molecule has 1 heterocycles. The lowest BCUT2D eigenvalue weighted by atomic mass is 9.45. The first-order chi connectivity index (χ1) is 11.0. The molecule has 0 radical (unpaired) electrons. The highest BCUT2D eigenvalue weighted by Crippen LogP contribution is 2.68. The van der Waals surface area contributed by atoms with Crippen LogP contribution in [0.2, 0.25) is 0 Å². The lowest BCUT2D eigenvalue weighted by molar-refractivity contribution is -0.128. The summed E-state index contributed by atoms with van der Waals surface area (Å²) in [6, 6.07) is 4.20. The quantitative estimate of drug-likeness (QED) is 0.744. The fourth-order valence-corrected chi connectivity index (χ4v) is 5.80. The first kappa shape index (κ1) is 13.6. The van der Waals surface area contributed by atoms with Gasteiger partial charge in [0.25, 0.3) is 0 Å². The molecular weight excluding hydrogens is 288 g/mol. The van der Waals surface area contributed by atoms with Gasteiger partial charge in [0.2, 0.25) is 0 Å². The van der Waals surface area contributed by atoms with Crippen molar-refractivity contribution in [3.05, 3.63) is 34.9 Å². The Morgan fingerprint density at radius 3 is 2.96 bits per heavy atom. The third kappa shape index (κ3) is 1.33. The lowest BCUT2D eigenvalue weighted by Gasteiger charge is -2.57. The molecule has 3 heteroatoms. The summed E-state index contributed by atoms with van der Waals surface area (Å²) in [6.07, 6.45) is 5.60. The molecule has 0 aromatic heterocycles. The van der Waals surface area contributed by atoms with Gasteiger partial charge in [-0.2, -0.15) is 0 Å². The molecule has 0 saturated heterocycles. The number of rotatable bonds is 1. The number of hydrogen-bond acceptors (Lipinski definition) is 3. The molecule has 5 rings (SSSR count). The second-order valence-electron chi connectivity index (χ2n) is 7.92. The van der Waals surface area contributed by atoms with Crippen molar-refractivity contribution in [1.29, 1.82) is 0 Å². The van der Waals surface area contributed by atoms with Crippen LogP contribution in [0.25, 0.3) is 0 Å². The number of benzene rings is 1. The molecule has 1 aromatic carbocycles. The van der Waals surface area contributed by atoms with Crippen molar-refractivity contribution >= 4 is 5.78 Å². The summed E-state index contributed by atoms with van der Waals surface area (Å²) >= 11 is 0. The number of Topliss-reactive ketones (excluding diaryl/α,β-unsaturated/α-hetero) is 1. The van der Waals surface area contributed by atoms with E-state index >= 15 is 0 Å². The molecule has 1 spiro atoms. The zero-order valence-electron chi connectivity index (χ0n) is 13.9. The molecule has 2 bridgehead atoms. The standard InChI is InChI=1S/C20H22O3/c1-11-8-9-20-15-7-5-13(21)18(20)23-17-14(22-3)6-4-12(16(17)20)10-19(11,15)2/h4,6-7,11,18H,5,8-10H2,1-3H3. The fraction of sp³-hybridized carbons (Fsp3) is 0.550. The molecule has 1 aliphatic heterocycles. The number of methoxy groups -OCH3 is 1. The summed E-state index contributed by atoms with van der Waals surface area (Å²) in [7, 11) is 1.68. The molecule has 1 aromatic rings. The van der Waals surface area contributed by atoms with Crippen molar-refractivity contribution in [3.8, 4) is 11.5 Å². The molecule has 4 unspecified atom stereocenters. The number of allylic oxidation sites excluding steroid dienone is 1. The normalized spacial score (nSPS) is 39.4. The molecule has 23 heavy (non-hydrogen) atoms. The van der Waals surface area contributed by atoms with Crippen molar-refractivity contribution in [3.63, 3.8) is 0 Å². The Hall–Kier alpha value is -1.77. The topological polar surface area (TPSA) is 35.5 Å². The van der Waals surface area contributed by atoms with Crippen LogP contribution in [0.1, 0.15) is 44.2 Å². The van der Waals surface area contributed by atoms with Gasteiger partial charge in [0, 0.05) is 12.0 Å². The predicted octanol–water partition coefficient (Wildman–Crippen LogP) is 3.59. The number of ketones is 1. The Morgan fingerprint density at radius 2 is 2.17 bits per heavy atom. The van der Waals surface area contributed by atoms with Gasteiger partial charge >= 0.3 is 0 Å². The van der Waals surface area contributed by atoms with Crippen molar-refractivity contribution in [2.24, 2.45) is 11.3 Å². The van der Waals surface area contributed by atoms with Gasteiger partial charge in [-0.25, -0.2) is 0 Å². The number of carbonyl (C=O) groups excluding carboxylic acids is 1. The maximum atomic E-state index is 12.7. The summed E-state index contributed by atoms with van der Waals surface area (Å²) in [5.74, 6) is 2.44. The van der Waals surface area contributed by atoms with Gasteiger partial charge in [-0.05, 0) is 42.2 Å². The van der Waals surface area contributed by atoms with Crippen molar-refractivity contribution in [2.75, 3.05) is 7.11 Å². The maximum absolute atomic E-state index is 12.7. The average Bonchev–Trinajstić information content (AvgIpc) is 2.89. The number of carbonyl (C=O) groups is 1. The van der Waals surface area contributed by atoms with Crippen LogP contribution in [0.5, 0.6) is 11.5 Å². The van der Waals surface area contributed by atoms with Crippen LogP contribution in [0, 0.1) is 11.3 Å². The molecule has 0 N–H and O–H groups in total. The Balaban J connectivity index is 1.89. The van der Waals surface area contributed by atoms with E-state index < -0.39 is 0 Å². The van der Waals surface area contributed by atoms with Gasteiger partial charge in [0.05, 0.1) is 12.5 Å². The summed E-state index contributed by atoms with van der Waals surface area (Å²) in [5.41, 5.74) is 3.99. The van der Waals surface area contributed by atoms with E-state index in [1.807, 2.05) is 6.07 Å². The van der Waals surface area contributed by atoms with Gasteiger partial charge in [0.1, 0.15) is 0 Å². The zero-order chi connectivity index (χ0) is 16.0. The Labute approximate surface area is 136 Å². The largest absolute Gasteiger partial charge is 0.493 e. The highest BCUT2D eigenvalue weighted by atomic mass is 16.5. The van der Waals surface area contributed by atoms with Crippen molar-refractivity contribution < 1.29 is 14.3 Å². The molecule has 1 fully saturated rings. The minimum atomic E-state index is -0.348. The Bertz CT molecular complexity index is 777. The molecule has 120 valence electrons. The average molecular weight is 310 g/mol. The number of hydrogen-bond donors (Lipinski definition) is 0. The second-order valence-corrected chi connectivity index (χ2v) is 7.92. The van der Waals surface area contributed by atoms with Gasteiger partial charge < -0.3 is 9.47 Å². The highest BCUT2D eigenvalue weighted by Gasteiger charge is 2.65. The predicted molar refractivity (Wildman–Crippen MR) is 87.0 cm³/mol. The third-order valence-corrected chi connectivity index (χ3v) is 7.07. The Morgan fingerprint density at radius 1 is 1.35 bits per heavy atom. The van der Waals surface area contributed by atoms with E-state index in [1.165, 1.54) is 16.7 Å². The smallest absolute Gasteiger partial charge is 0.178 e. The number of ether oxygens (including phenoxy) is 2. The minimum Gasteiger partial charge on any atom is -0.493 e. The van der Waals surface area contributed by atoms with Crippen LogP contribution >= 0.6 is 0 Å². The monoisotopic (exact) mass is 310 g/mol. The van der Waals surface area contributed by atoms with Crippen molar-refractivity contribution in [2.45, 2.75) is 51.0 Å². The SMILES string of the molecule is COc1ccc2c3c1OC1C(=O)CC=C4C(C)(C2)C(C)CCC431. The van der Waals surface area contributed by atoms with Crippen LogP contribution in [-0.4, -0.2) is 19.0 Å². The van der Waals surface area contributed by atoms with Gasteiger partial charge in [-0.15, -0.1) is 0 Å².